The molecule has 0 N–H and O–H groups in total. The molecule has 1 aromatic carbocycles. The molecule has 37 heavy (non-hydrogen) atoms. The van der Waals surface area contributed by atoms with Crippen LogP contribution < -0.4 is 10.2 Å². The van der Waals surface area contributed by atoms with Gasteiger partial charge in [0.05, 0.1) is 36.1 Å². The van der Waals surface area contributed by atoms with E-state index in [-0.39, 0.29) is 54.5 Å². The van der Waals surface area contributed by atoms with E-state index in [2.05, 4.69) is 15.0 Å². The first-order valence-electron chi connectivity index (χ1n) is 11.9. The second-order valence-corrected chi connectivity index (χ2v) is 9.39. The van der Waals surface area contributed by atoms with Crippen LogP contribution in [0.5, 0.6) is 5.88 Å². The van der Waals surface area contributed by atoms with Crippen LogP contribution in [0, 0.1) is 6.92 Å². The van der Waals surface area contributed by atoms with E-state index < -0.39 is 23.5 Å². The fourth-order valence-electron chi connectivity index (χ4n) is 4.87. The molecule has 0 unspecified atom stereocenters. The van der Waals surface area contributed by atoms with E-state index in [4.69, 9.17) is 4.74 Å². The van der Waals surface area contributed by atoms with Crippen molar-refractivity contribution in [3.8, 4) is 5.88 Å². The highest BCUT2D eigenvalue weighted by Gasteiger charge is 2.39. The van der Waals surface area contributed by atoms with E-state index in [0.29, 0.717) is 16.5 Å². The average molecular weight is 520 g/mol. The number of hydrogen-bond donors (Lipinski definition) is 0. The second-order valence-electron chi connectivity index (χ2n) is 9.39. The first-order valence-corrected chi connectivity index (χ1v) is 11.9. The zero-order valence-electron chi connectivity index (χ0n) is 21.4. The van der Waals surface area contributed by atoms with Crippen LogP contribution in [0.4, 0.5) is 17.6 Å². The smallest absolute Gasteiger partial charge is 0.416 e. The summed E-state index contributed by atoms with van der Waals surface area (Å²) in [6, 6.07) is 4.93. The highest BCUT2D eigenvalue weighted by atomic mass is 19.4. The fraction of sp³-hybridized carbons (Fsp3) is 0.462. The number of methoxy groups -OCH3 is 1. The van der Waals surface area contributed by atoms with Crippen LogP contribution in [-0.4, -0.2) is 45.5 Å². The van der Waals surface area contributed by atoms with Gasteiger partial charge in [-0.2, -0.15) is 13.2 Å². The average Bonchev–Trinajstić information content (AvgIpc) is 2.84. The Hall–Kier alpha value is -3.50. The Morgan fingerprint density at radius 1 is 1.24 bits per heavy atom. The number of hydrogen-bond acceptors (Lipinski definition) is 5. The molecule has 4 rings (SSSR count). The summed E-state index contributed by atoms with van der Waals surface area (Å²) in [5.41, 5.74) is -1.08. The number of nitrogens with zero attached hydrogens (tertiary/aromatic N) is 5. The van der Waals surface area contributed by atoms with Gasteiger partial charge >= 0.3 is 6.18 Å². The minimum atomic E-state index is -4.48. The van der Waals surface area contributed by atoms with Crippen LogP contribution in [0.15, 0.2) is 35.6 Å². The van der Waals surface area contributed by atoms with E-state index in [9.17, 15) is 18.0 Å². The molecule has 0 spiro atoms. The van der Waals surface area contributed by atoms with Crippen LogP contribution in [-0.2, 0) is 23.7 Å². The minimum absolute atomic E-state index is 0.0763. The summed E-state index contributed by atoms with van der Waals surface area (Å²) in [5, 5.41) is 0.467. The van der Waals surface area contributed by atoms with Gasteiger partial charge in [-0.3, -0.25) is 9.79 Å². The van der Waals surface area contributed by atoms with Crippen molar-refractivity contribution >= 4 is 16.8 Å². The molecule has 1 atom stereocenters. The number of aryl methyl sites for hydroxylation is 1. The topological polar surface area (TPSA) is 72.6 Å². The first-order chi connectivity index (χ1) is 17.4. The quantitative estimate of drug-likeness (QED) is 0.466. The summed E-state index contributed by atoms with van der Waals surface area (Å²) in [4.78, 5) is 26.8. The molecule has 0 saturated carbocycles. The van der Waals surface area contributed by atoms with Gasteiger partial charge in [-0.05, 0) is 37.1 Å². The van der Waals surface area contributed by atoms with Crippen molar-refractivity contribution in [3.05, 3.63) is 58.5 Å². The number of carbonyl (C=O) groups is 1. The lowest BCUT2D eigenvalue weighted by molar-refractivity contribution is -0.138. The molecule has 11 heteroatoms. The van der Waals surface area contributed by atoms with Crippen LogP contribution >= 0.6 is 0 Å². The van der Waals surface area contributed by atoms with Gasteiger partial charge in [0.1, 0.15) is 5.52 Å². The van der Waals surface area contributed by atoms with Crippen molar-refractivity contribution in [1.29, 1.82) is 0 Å². The molecule has 3 heterocycles. The SMILES string of the molecule is COc1nc(C2(F)CCN(C(C)=O)CC2)cc2/c(=N/[C@H](C)c3cccc(C(F)(F)F)c3C)ncn(C)c12. The number of aromatic nitrogens is 3. The number of halogens is 4. The molecule has 2 aromatic heterocycles. The standard InChI is InChI=1S/C26H29F4N5O2/c1-15-18(7-6-8-20(15)26(28,29)30)16(2)32-23-19-13-21(25(27)9-11-35(12-10-25)17(3)36)33-24(37-5)22(19)34(4)14-31-23/h6-8,13-14,16H,9-12H2,1-5H3/b32-23-/t16-/m1/s1. The number of carbonyl (C=O) groups excluding carboxylic acids is 1. The van der Waals surface area contributed by atoms with Gasteiger partial charge in [-0.15, -0.1) is 0 Å². The van der Waals surface area contributed by atoms with Crippen LogP contribution in [0.2, 0.25) is 0 Å². The number of pyridine rings is 1. The number of likely N-dealkylation sites (tertiary alicyclic amines) is 1. The molecule has 0 radical (unpaired) electrons. The fourth-order valence-corrected chi connectivity index (χ4v) is 4.87. The molecule has 1 aliphatic rings. The van der Waals surface area contributed by atoms with Gasteiger partial charge in [0.15, 0.2) is 11.2 Å². The van der Waals surface area contributed by atoms with Gasteiger partial charge in [-0.25, -0.2) is 14.4 Å². The normalized spacial score (nSPS) is 17.2. The Morgan fingerprint density at radius 2 is 1.92 bits per heavy atom. The van der Waals surface area contributed by atoms with Crippen LogP contribution in [0.1, 0.15) is 55.1 Å². The van der Waals surface area contributed by atoms with Crippen molar-refractivity contribution in [2.45, 2.75) is 51.5 Å². The lowest BCUT2D eigenvalue weighted by Gasteiger charge is -2.35. The Labute approximate surface area is 211 Å². The molecule has 0 aliphatic carbocycles. The molecule has 1 aliphatic heterocycles. The van der Waals surface area contributed by atoms with Gasteiger partial charge in [0.25, 0.3) is 0 Å². The van der Waals surface area contributed by atoms with Gasteiger partial charge < -0.3 is 14.2 Å². The largest absolute Gasteiger partial charge is 0.479 e. The van der Waals surface area contributed by atoms with Gasteiger partial charge in [0.2, 0.25) is 11.8 Å². The van der Waals surface area contributed by atoms with E-state index in [1.165, 1.54) is 33.4 Å². The van der Waals surface area contributed by atoms with Crippen molar-refractivity contribution < 1.29 is 27.1 Å². The van der Waals surface area contributed by atoms with Crippen LogP contribution in [0.25, 0.3) is 10.9 Å². The van der Waals surface area contributed by atoms with E-state index in [0.717, 1.165) is 6.07 Å². The number of ether oxygens (including phenoxy) is 1. The summed E-state index contributed by atoms with van der Waals surface area (Å²) in [6.07, 6.45) is -2.82. The van der Waals surface area contributed by atoms with Crippen molar-refractivity contribution in [3.63, 3.8) is 0 Å². The zero-order chi connectivity index (χ0) is 27.1. The number of fused-ring (bicyclic) bond motifs is 1. The lowest BCUT2D eigenvalue weighted by Crippen LogP contribution is -2.42. The maximum Gasteiger partial charge on any atom is 0.416 e. The number of rotatable bonds is 4. The summed E-state index contributed by atoms with van der Waals surface area (Å²) >= 11 is 0. The van der Waals surface area contributed by atoms with E-state index in [1.807, 2.05) is 0 Å². The first kappa shape index (κ1) is 26.6. The molecule has 7 nitrogen and oxygen atoms in total. The minimum Gasteiger partial charge on any atom is -0.479 e. The van der Waals surface area contributed by atoms with Gasteiger partial charge in [-0.1, -0.05) is 12.1 Å². The predicted octanol–water partition coefficient (Wildman–Crippen LogP) is 4.77. The number of piperidine rings is 1. The van der Waals surface area contributed by atoms with E-state index >= 15 is 4.39 Å². The second kappa shape index (κ2) is 9.75. The number of amides is 1. The Morgan fingerprint density at radius 3 is 2.51 bits per heavy atom. The molecule has 198 valence electrons. The molecular formula is C26H29F4N5O2. The summed E-state index contributed by atoms with van der Waals surface area (Å²) in [5.74, 6) is 0.0741. The van der Waals surface area contributed by atoms with Crippen LogP contribution in [0.3, 0.4) is 0 Å². The highest BCUT2D eigenvalue weighted by Crippen LogP contribution is 2.39. The molecular weight excluding hydrogens is 490 g/mol. The third-order valence-corrected chi connectivity index (χ3v) is 7.01. The van der Waals surface area contributed by atoms with Gasteiger partial charge in [0, 0.05) is 39.9 Å². The third kappa shape index (κ3) is 5.03. The monoisotopic (exact) mass is 519 g/mol. The maximum atomic E-state index is 16.1. The molecule has 1 amide bonds. The third-order valence-electron chi connectivity index (χ3n) is 7.01. The molecule has 1 saturated heterocycles. The maximum absolute atomic E-state index is 16.1. The molecule has 1 fully saturated rings. The van der Waals surface area contributed by atoms with E-state index in [1.54, 1.807) is 35.6 Å². The predicted molar refractivity (Wildman–Crippen MR) is 129 cm³/mol. The Kier molecular flexibility index (Phi) is 7.00. The highest BCUT2D eigenvalue weighted by molar-refractivity contribution is 5.83. The summed E-state index contributed by atoms with van der Waals surface area (Å²) in [7, 11) is 3.17. The Bertz CT molecular complexity index is 1410. The molecule has 3 aromatic rings. The zero-order valence-corrected chi connectivity index (χ0v) is 21.4. The molecule has 0 bridgehead atoms. The Balaban J connectivity index is 1.86. The lowest BCUT2D eigenvalue weighted by atomic mass is 9.89. The van der Waals surface area contributed by atoms with Crippen molar-refractivity contribution in [1.82, 2.24) is 19.4 Å². The van der Waals surface area contributed by atoms with Crippen molar-refractivity contribution in [2.24, 2.45) is 12.0 Å². The number of benzene rings is 1. The number of alkyl halides is 4. The van der Waals surface area contributed by atoms with Crippen molar-refractivity contribution in [2.75, 3.05) is 20.2 Å². The summed E-state index contributed by atoms with van der Waals surface area (Å²) in [6.45, 7) is 5.09. The summed E-state index contributed by atoms with van der Waals surface area (Å²) < 4.78 is 63.7.